The minimum Gasteiger partial charge on any atom is -0.469 e. The third kappa shape index (κ3) is 1.94. The van der Waals surface area contributed by atoms with Crippen LogP contribution in [0, 0.1) is 17.3 Å². The fourth-order valence-electron chi connectivity index (χ4n) is 2.99. The summed E-state index contributed by atoms with van der Waals surface area (Å²) in [5.41, 5.74) is -0.843. The van der Waals surface area contributed by atoms with Gasteiger partial charge in [-0.15, -0.1) is 0 Å². The van der Waals surface area contributed by atoms with Gasteiger partial charge in [0.1, 0.15) is 0 Å². The van der Waals surface area contributed by atoms with Gasteiger partial charge < -0.3 is 9.47 Å². The molecule has 2 aliphatic carbocycles. The molecule has 0 spiro atoms. The summed E-state index contributed by atoms with van der Waals surface area (Å²) in [6, 6.07) is 0. The molecule has 98 valence electrons. The molecule has 0 amide bonds. The number of ketones is 1. The number of carbonyl (C=O) groups excluding carboxylic acids is 3. The quantitative estimate of drug-likeness (QED) is 0.682. The smallest absolute Gasteiger partial charge is 0.315 e. The maximum absolute atomic E-state index is 11.9. The normalized spacial score (nSPS) is 34.0. The molecule has 2 aliphatic rings. The minimum absolute atomic E-state index is 0.0249. The van der Waals surface area contributed by atoms with Crippen LogP contribution >= 0.6 is 0 Å². The number of hydrogen-bond donors (Lipinski definition) is 0. The maximum atomic E-state index is 11.9. The predicted octanol–water partition coefficient (Wildman–Crippen LogP) is 0.874. The molecule has 0 saturated heterocycles. The molecule has 5 heteroatoms. The zero-order valence-corrected chi connectivity index (χ0v) is 10.5. The molecular formula is C13H16O5. The first-order valence-corrected chi connectivity index (χ1v) is 5.92. The molecule has 1 saturated carbocycles. The van der Waals surface area contributed by atoms with E-state index in [9.17, 15) is 14.4 Å². The fraction of sp³-hybridized carbons (Fsp3) is 0.615. The number of allylic oxidation sites excluding steroid dienone is 1. The Hall–Kier alpha value is -1.65. The fourth-order valence-corrected chi connectivity index (χ4v) is 2.99. The molecule has 1 fully saturated rings. The number of esters is 2. The average Bonchev–Trinajstić information content (AvgIpc) is 2.41. The van der Waals surface area contributed by atoms with Gasteiger partial charge in [-0.05, 0) is 25.3 Å². The van der Waals surface area contributed by atoms with Crippen LogP contribution in [0.5, 0.6) is 0 Å². The van der Waals surface area contributed by atoms with Crippen molar-refractivity contribution in [3.8, 4) is 0 Å². The molecule has 0 unspecified atom stereocenters. The Bertz CT molecular complexity index is 425. The largest absolute Gasteiger partial charge is 0.469 e. The number of carbonyl (C=O) groups is 3. The summed E-state index contributed by atoms with van der Waals surface area (Å²) in [6.45, 7) is 0. The summed E-state index contributed by atoms with van der Waals surface area (Å²) in [5.74, 6) is -1.47. The van der Waals surface area contributed by atoms with Gasteiger partial charge in [0.05, 0.1) is 25.6 Å². The van der Waals surface area contributed by atoms with Gasteiger partial charge in [0.15, 0.2) is 5.78 Å². The molecule has 2 bridgehead atoms. The lowest BCUT2D eigenvalue weighted by Crippen LogP contribution is -2.45. The van der Waals surface area contributed by atoms with Crippen LogP contribution in [0.25, 0.3) is 0 Å². The van der Waals surface area contributed by atoms with Crippen LogP contribution in [0.4, 0.5) is 0 Å². The third-order valence-corrected chi connectivity index (χ3v) is 3.89. The second-order valence-electron chi connectivity index (χ2n) is 4.94. The highest BCUT2D eigenvalue weighted by molar-refractivity contribution is 5.96. The molecule has 5 nitrogen and oxygen atoms in total. The number of hydrogen-bond acceptors (Lipinski definition) is 5. The predicted molar refractivity (Wildman–Crippen MR) is 61.4 cm³/mol. The molecule has 0 radical (unpaired) electrons. The van der Waals surface area contributed by atoms with Crippen LogP contribution in [0.2, 0.25) is 0 Å². The molecule has 0 aromatic heterocycles. The molecule has 3 atom stereocenters. The van der Waals surface area contributed by atoms with E-state index in [1.54, 1.807) is 6.08 Å². The lowest BCUT2D eigenvalue weighted by atomic mass is 9.61. The number of rotatable bonds is 2. The lowest BCUT2D eigenvalue weighted by Gasteiger charge is -2.41. The van der Waals surface area contributed by atoms with E-state index in [2.05, 4.69) is 0 Å². The second kappa shape index (κ2) is 4.55. The van der Waals surface area contributed by atoms with E-state index in [0.29, 0.717) is 19.3 Å². The Labute approximate surface area is 105 Å². The molecule has 18 heavy (non-hydrogen) atoms. The molecule has 0 aliphatic heterocycles. The third-order valence-electron chi connectivity index (χ3n) is 3.89. The van der Waals surface area contributed by atoms with Gasteiger partial charge in [0.25, 0.3) is 0 Å². The first kappa shape index (κ1) is 12.8. The van der Waals surface area contributed by atoms with Crippen LogP contribution in [-0.2, 0) is 23.9 Å². The van der Waals surface area contributed by atoms with Crippen LogP contribution in [-0.4, -0.2) is 31.9 Å². The number of ether oxygens (including phenoxy) is 2. The Kier molecular flexibility index (Phi) is 3.24. The molecular weight excluding hydrogens is 236 g/mol. The van der Waals surface area contributed by atoms with Gasteiger partial charge in [-0.2, -0.15) is 0 Å². The molecule has 0 heterocycles. The van der Waals surface area contributed by atoms with Crippen molar-refractivity contribution in [1.82, 2.24) is 0 Å². The van der Waals surface area contributed by atoms with Crippen LogP contribution in [0.1, 0.15) is 19.3 Å². The van der Waals surface area contributed by atoms with Crippen LogP contribution in [0.3, 0.4) is 0 Å². The Morgan fingerprint density at radius 2 is 2.00 bits per heavy atom. The Morgan fingerprint density at radius 1 is 1.28 bits per heavy atom. The van der Waals surface area contributed by atoms with E-state index < -0.39 is 11.3 Å². The van der Waals surface area contributed by atoms with Crippen molar-refractivity contribution in [1.29, 1.82) is 0 Å². The zero-order valence-electron chi connectivity index (χ0n) is 10.5. The van der Waals surface area contributed by atoms with Crippen molar-refractivity contribution in [3.05, 3.63) is 12.2 Å². The SMILES string of the molecule is COC(=O)[C@H]1C[C@@H]2C[C@@](C(=O)OC)(C=CC2=O)C1. The highest BCUT2D eigenvalue weighted by Crippen LogP contribution is 2.47. The Balaban J connectivity index is 2.33. The van der Waals surface area contributed by atoms with E-state index in [-0.39, 0.29) is 23.6 Å². The molecule has 0 aromatic carbocycles. The van der Waals surface area contributed by atoms with E-state index in [4.69, 9.17) is 9.47 Å². The lowest BCUT2D eigenvalue weighted by molar-refractivity contribution is -0.159. The Morgan fingerprint density at radius 3 is 2.61 bits per heavy atom. The first-order valence-electron chi connectivity index (χ1n) is 5.92. The topological polar surface area (TPSA) is 69.7 Å². The van der Waals surface area contributed by atoms with Gasteiger partial charge in [0, 0.05) is 5.92 Å². The van der Waals surface area contributed by atoms with Crippen molar-refractivity contribution in [2.45, 2.75) is 19.3 Å². The van der Waals surface area contributed by atoms with Crippen molar-refractivity contribution >= 4 is 17.7 Å². The summed E-state index contributed by atoms with van der Waals surface area (Å²) >= 11 is 0. The van der Waals surface area contributed by atoms with Gasteiger partial charge in [0.2, 0.25) is 0 Å². The minimum atomic E-state index is -0.843. The summed E-state index contributed by atoms with van der Waals surface area (Å²) in [5, 5.41) is 0. The van der Waals surface area contributed by atoms with Crippen molar-refractivity contribution in [2.75, 3.05) is 14.2 Å². The highest BCUT2D eigenvalue weighted by atomic mass is 16.5. The van der Waals surface area contributed by atoms with E-state index in [0.717, 1.165) is 0 Å². The summed E-state index contributed by atoms with van der Waals surface area (Å²) in [4.78, 5) is 35.3. The van der Waals surface area contributed by atoms with Crippen molar-refractivity contribution in [3.63, 3.8) is 0 Å². The van der Waals surface area contributed by atoms with E-state index in [1.807, 2.05) is 0 Å². The molecule has 0 N–H and O–H groups in total. The van der Waals surface area contributed by atoms with Crippen molar-refractivity contribution < 1.29 is 23.9 Å². The number of fused-ring (bicyclic) bond motifs is 2. The first-order chi connectivity index (χ1) is 8.52. The van der Waals surface area contributed by atoms with Crippen molar-refractivity contribution in [2.24, 2.45) is 17.3 Å². The second-order valence-corrected chi connectivity index (χ2v) is 4.94. The highest BCUT2D eigenvalue weighted by Gasteiger charge is 2.51. The number of methoxy groups -OCH3 is 2. The van der Waals surface area contributed by atoms with E-state index in [1.165, 1.54) is 20.3 Å². The van der Waals surface area contributed by atoms with E-state index >= 15 is 0 Å². The van der Waals surface area contributed by atoms with Gasteiger partial charge in [-0.1, -0.05) is 6.08 Å². The summed E-state index contributed by atoms with van der Waals surface area (Å²) < 4.78 is 9.53. The summed E-state index contributed by atoms with van der Waals surface area (Å²) in [6.07, 6.45) is 4.27. The standard InChI is InChI=1S/C13H16O5/c1-17-11(15)9-5-8-6-13(7-9,12(16)18-2)4-3-10(8)14/h3-4,8-9H,5-7H2,1-2H3/t8-,9+,13+/m1/s1. The van der Waals surface area contributed by atoms with Gasteiger partial charge in [-0.25, -0.2) is 0 Å². The average molecular weight is 252 g/mol. The van der Waals surface area contributed by atoms with Gasteiger partial charge >= 0.3 is 11.9 Å². The zero-order chi connectivity index (χ0) is 13.3. The molecule has 0 aromatic rings. The monoisotopic (exact) mass is 252 g/mol. The maximum Gasteiger partial charge on any atom is 0.315 e. The van der Waals surface area contributed by atoms with Crippen LogP contribution < -0.4 is 0 Å². The van der Waals surface area contributed by atoms with Gasteiger partial charge in [-0.3, -0.25) is 14.4 Å². The van der Waals surface area contributed by atoms with Crippen LogP contribution in [0.15, 0.2) is 12.2 Å². The summed E-state index contributed by atoms with van der Waals surface area (Å²) in [7, 11) is 2.63. The molecule has 2 rings (SSSR count).